The van der Waals surface area contributed by atoms with Crippen molar-refractivity contribution in [3.05, 3.63) is 35.4 Å². The summed E-state index contributed by atoms with van der Waals surface area (Å²) in [6, 6.07) is 3.32. The van der Waals surface area contributed by atoms with E-state index in [1.807, 2.05) is 0 Å². The fraction of sp³-hybridized carbons (Fsp3) is 0.533. The molecule has 0 bridgehead atoms. The Balaban J connectivity index is 2.02. The fourth-order valence-electron chi connectivity index (χ4n) is 2.79. The molecular formula is C15H18F2O. The quantitative estimate of drug-likeness (QED) is 0.797. The number of ketones is 1. The summed E-state index contributed by atoms with van der Waals surface area (Å²) in [4.78, 5) is 12.1. The van der Waals surface area contributed by atoms with Crippen molar-refractivity contribution in [2.45, 2.75) is 39.0 Å². The smallest absolute Gasteiger partial charge is 0.140 e. The predicted molar refractivity (Wildman–Crippen MR) is 66.2 cm³/mol. The zero-order chi connectivity index (χ0) is 13.1. The van der Waals surface area contributed by atoms with Gasteiger partial charge in [-0.3, -0.25) is 4.79 Å². The molecule has 3 heteroatoms. The highest BCUT2D eigenvalue weighted by Crippen LogP contribution is 2.30. The van der Waals surface area contributed by atoms with Crippen molar-refractivity contribution >= 4 is 5.78 Å². The first-order valence-electron chi connectivity index (χ1n) is 6.52. The van der Waals surface area contributed by atoms with Gasteiger partial charge in [0.25, 0.3) is 0 Å². The Bertz CT molecular complexity index is 422. The van der Waals surface area contributed by atoms with Crippen molar-refractivity contribution < 1.29 is 13.6 Å². The maximum atomic E-state index is 13.0. The van der Waals surface area contributed by atoms with Crippen LogP contribution < -0.4 is 0 Å². The Hall–Kier alpha value is -1.25. The predicted octanol–water partition coefficient (Wildman–Crippen LogP) is 3.90. The molecule has 2 unspecified atom stereocenters. The van der Waals surface area contributed by atoms with Crippen molar-refractivity contribution in [3.63, 3.8) is 0 Å². The molecule has 1 nitrogen and oxygen atoms in total. The van der Waals surface area contributed by atoms with Crippen LogP contribution in [-0.4, -0.2) is 5.78 Å². The normalized spacial score (nSPS) is 23.9. The zero-order valence-electron chi connectivity index (χ0n) is 10.6. The summed E-state index contributed by atoms with van der Waals surface area (Å²) < 4.78 is 26.1. The van der Waals surface area contributed by atoms with Gasteiger partial charge in [0.1, 0.15) is 17.4 Å². The van der Waals surface area contributed by atoms with E-state index in [4.69, 9.17) is 0 Å². The van der Waals surface area contributed by atoms with E-state index in [0.717, 1.165) is 25.3 Å². The summed E-state index contributed by atoms with van der Waals surface area (Å²) in [6.07, 6.45) is 4.23. The van der Waals surface area contributed by atoms with Crippen molar-refractivity contribution in [3.8, 4) is 0 Å². The lowest BCUT2D eigenvalue weighted by atomic mass is 9.79. The van der Waals surface area contributed by atoms with Gasteiger partial charge in [-0.25, -0.2) is 8.78 Å². The maximum Gasteiger partial charge on any atom is 0.140 e. The van der Waals surface area contributed by atoms with Crippen LogP contribution in [0.15, 0.2) is 18.2 Å². The summed E-state index contributed by atoms with van der Waals surface area (Å²) in [5.74, 6) is -0.465. The molecule has 0 amide bonds. The van der Waals surface area contributed by atoms with E-state index in [2.05, 4.69) is 6.92 Å². The Morgan fingerprint density at radius 2 is 1.89 bits per heavy atom. The number of halogens is 2. The summed E-state index contributed by atoms with van der Waals surface area (Å²) in [5, 5.41) is 0. The molecule has 0 aliphatic heterocycles. The molecule has 1 aliphatic rings. The van der Waals surface area contributed by atoms with Gasteiger partial charge in [0, 0.05) is 18.4 Å². The van der Waals surface area contributed by atoms with Crippen LogP contribution in [0.1, 0.15) is 38.2 Å². The third-order valence-electron chi connectivity index (χ3n) is 3.69. The number of Topliss-reactive ketones (excluding diaryl/α,β-unsaturated/α-hetero) is 1. The molecule has 0 aromatic heterocycles. The van der Waals surface area contributed by atoms with Crippen LogP contribution in [0.3, 0.4) is 0 Å². The summed E-state index contributed by atoms with van der Waals surface area (Å²) >= 11 is 0. The highest BCUT2D eigenvalue weighted by atomic mass is 19.1. The minimum absolute atomic E-state index is 0.0695. The van der Waals surface area contributed by atoms with Gasteiger partial charge in [-0.05, 0) is 36.5 Å². The maximum absolute atomic E-state index is 13.0. The van der Waals surface area contributed by atoms with Gasteiger partial charge in [0.2, 0.25) is 0 Å². The van der Waals surface area contributed by atoms with Gasteiger partial charge >= 0.3 is 0 Å². The Morgan fingerprint density at radius 3 is 2.50 bits per heavy atom. The largest absolute Gasteiger partial charge is 0.299 e. The molecule has 0 saturated heterocycles. The fourth-order valence-corrected chi connectivity index (χ4v) is 2.79. The SMILES string of the molecule is CC1CCCC(C(=O)Cc2cc(F)cc(F)c2)C1. The monoisotopic (exact) mass is 252 g/mol. The molecule has 1 aromatic rings. The molecule has 0 spiro atoms. The number of hydrogen-bond donors (Lipinski definition) is 0. The van der Waals surface area contributed by atoms with Gasteiger partial charge in [0.15, 0.2) is 0 Å². The number of rotatable bonds is 3. The average molecular weight is 252 g/mol. The number of carbonyl (C=O) groups is 1. The van der Waals surface area contributed by atoms with Gasteiger partial charge < -0.3 is 0 Å². The molecule has 2 rings (SSSR count). The van der Waals surface area contributed by atoms with E-state index in [0.29, 0.717) is 11.5 Å². The highest BCUT2D eigenvalue weighted by molar-refractivity contribution is 5.83. The van der Waals surface area contributed by atoms with Crippen LogP contribution in [-0.2, 0) is 11.2 Å². The van der Waals surface area contributed by atoms with Crippen molar-refractivity contribution in [1.82, 2.24) is 0 Å². The van der Waals surface area contributed by atoms with Crippen LogP contribution in [0.2, 0.25) is 0 Å². The highest BCUT2D eigenvalue weighted by Gasteiger charge is 2.24. The van der Waals surface area contributed by atoms with E-state index in [9.17, 15) is 13.6 Å². The summed E-state index contributed by atoms with van der Waals surface area (Å²) in [7, 11) is 0. The molecule has 1 fully saturated rings. The number of benzene rings is 1. The zero-order valence-corrected chi connectivity index (χ0v) is 10.6. The van der Waals surface area contributed by atoms with Gasteiger partial charge in [-0.15, -0.1) is 0 Å². The Kier molecular flexibility index (Phi) is 4.10. The first kappa shape index (κ1) is 13.2. The van der Waals surface area contributed by atoms with E-state index >= 15 is 0 Å². The van der Waals surface area contributed by atoms with Crippen LogP contribution >= 0.6 is 0 Å². The Labute approximate surface area is 106 Å². The van der Waals surface area contributed by atoms with Gasteiger partial charge in [0.05, 0.1) is 0 Å². The molecule has 0 heterocycles. The lowest BCUT2D eigenvalue weighted by molar-refractivity contribution is -0.123. The minimum atomic E-state index is -0.616. The van der Waals surface area contributed by atoms with Crippen molar-refractivity contribution in [2.24, 2.45) is 11.8 Å². The molecule has 0 radical (unpaired) electrons. The lowest BCUT2D eigenvalue weighted by Gasteiger charge is -2.25. The average Bonchev–Trinajstić information content (AvgIpc) is 2.27. The second kappa shape index (κ2) is 5.59. The van der Waals surface area contributed by atoms with E-state index in [-0.39, 0.29) is 18.1 Å². The topological polar surface area (TPSA) is 17.1 Å². The van der Waals surface area contributed by atoms with Crippen LogP contribution in [0.25, 0.3) is 0 Å². The molecule has 98 valence electrons. The summed E-state index contributed by atoms with van der Waals surface area (Å²) in [5.41, 5.74) is 0.440. The molecule has 0 N–H and O–H groups in total. The number of hydrogen-bond acceptors (Lipinski definition) is 1. The van der Waals surface area contributed by atoms with Gasteiger partial charge in [-0.1, -0.05) is 19.8 Å². The first-order chi connectivity index (χ1) is 8.54. The third kappa shape index (κ3) is 3.37. The summed E-state index contributed by atoms with van der Waals surface area (Å²) in [6.45, 7) is 2.15. The van der Waals surface area contributed by atoms with E-state index < -0.39 is 11.6 Å². The van der Waals surface area contributed by atoms with Crippen LogP contribution in [0, 0.1) is 23.5 Å². The lowest BCUT2D eigenvalue weighted by Crippen LogP contribution is -2.23. The molecule has 2 atom stereocenters. The van der Waals surface area contributed by atoms with E-state index in [1.54, 1.807) is 0 Å². The van der Waals surface area contributed by atoms with Crippen molar-refractivity contribution in [1.29, 1.82) is 0 Å². The standard InChI is InChI=1S/C15H18F2O/c1-10-3-2-4-12(5-10)15(18)8-11-6-13(16)9-14(17)7-11/h6-7,9-10,12H,2-5,8H2,1H3. The van der Waals surface area contributed by atoms with Crippen molar-refractivity contribution in [2.75, 3.05) is 0 Å². The number of carbonyl (C=O) groups excluding carboxylic acids is 1. The Morgan fingerprint density at radius 1 is 1.22 bits per heavy atom. The molecule has 1 saturated carbocycles. The first-order valence-corrected chi connectivity index (χ1v) is 6.52. The molecular weight excluding hydrogens is 234 g/mol. The van der Waals surface area contributed by atoms with Crippen LogP contribution in [0.5, 0.6) is 0 Å². The molecule has 1 aromatic carbocycles. The third-order valence-corrected chi connectivity index (χ3v) is 3.69. The van der Waals surface area contributed by atoms with E-state index in [1.165, 1.54) is 18.6 Å². The second-order valence-electron chi connectivity index (χ2n) is 5.39. The van der Waals surface area contributed by atoms with Crippen LogP contribution in [0.4, 0.5) is 8.78 Å². The molecule has 1 aliphatic carbocycles. The van der Waals surface area contributed by atoms with Gasteiger partial charge in [-0.2, -0.15) is 0 Å². The minimum Gasteiger partial charge on any atom is -0.299 e. The molecule has 18 heavy (non-hydrogen) atoms. The second-order valence-corrected chi connectivity index (χ2v) is 5.39.